The summed E-state index contributed by atoms with van der Waals surface area (Å²) in [4.78, 5) is 15.3. The van der Waals surface area contributed by atoms with Crippen molar-refractivity contribution >= 4 is 22.9 Å². The summed E-state index contributed by atoms with van der Waals surface area (Å²) in [7, 11) is 0. The molecular weight excluding hydrogens is 242 g/mol. The van der Waals surface area contributed by atoms with Crippen LogP contribution < -0.4 is 4.90 Å². The Morgan fingerprint density at radius 2 is 2.00 bits per heavy atom. The molecule has 2 nitrogen and oxygen atoms in total. The Labute approximate surface area is 111 Å². The fourth-order valence-electron chi connectivity index (χ4n) is 2.44. The number of rotatable bonds is 1. The maximum atomic E-state index is 12.5. The smallest absolute Gasteiger partial charge is 0.268 e. The quantitative estimate of drug-likeness (QED) is 0.762. The zero-order valence-electron chi connectivity index (χ0n) is 10.1. The lowest BCUT2D eigenvalue weighted by molar-refractivity contribution is 0.0991. The highest BCUT2D eigenvalue weighted by molar-refractivity contribution is 7.12. The Kier molecular flexibility index (Phi) is 3.15. The number of amides is 1. The molecule has 1 aromatic carbocycles. The topological polar surface area (TPSA) is 20.3 Å². The predicted octanol–water partition coefficient (Wildman–Crippen LogP) is 3.73. The average molecular weight is 257 g/mol. The van der Waals surface area contributed by atoms with Gasteiger partial charge in [0, 0.05) is 12.2 Å². The predicted molar refractivity (Wildman–Crippen MR) is 75.4 cm³/mol. The number of benzene rings is 1. The molecule has 2 heterocycles. The number of carbonyl (C=O) groups excluding carboxylic acids is 1. The number of hydrogen-bond donors (Lipinski definition) is 0. The summed E-state index contributed by atoms with van der Waals surface area (Å²) in [6.45, 7) is 0.827. The fraction of sp³-hybridized carbons (Fsp3) is 0.267. The van der Waals surface area contributed by atoms with E-state index in [2.05, 4.69) is 18.2 Å². The minimum Gasteiger partial charge on any atom is -0.307 e. The van der Waals surface area contributed by atoms with Gasteiger partial charge in [-0.3, -0.25) is 4.79 Å². The Hall–Kier alpha value is -1.61. The van der Waals surface area contributed by atoms with Crippen LogP contribution in [0.15, 0.2) is 41.8 Å². The van der Waals surface area contributed by atoms with Gasteiger partial charge in [-0.05, 0) is 42.3 Å². The van der Waals surface area contributed by atoms with Crippen molar-refractivity contribution in [3.8, 4) is 0 Å². The van der Waals surface area contributed by atoms with Gasteiger partial charge >= 0.3 is 0 Å². The van der Waals surface area contributed by atoms with Crippen LogP contribution in [-0.2, 0) is 6.42 Å². The molecule has 1 aromatic heterocycles. The minimum atomic E-state index is 0.138. The van der Waals surface area contributed by atoms with Crippen molar-refractivity contribution in [1.82, 2.24) is 0 Å². The Balaban J connectivity index is 1.99. The monoisotopic (exact) mass is 257 g/mol. The van der Waals surface area contributed by atoms with Crippen LogP contribution in [-0.4, -0.2) is 12.5 Å². The Morgan fingerprint density at radius 3 is 2.83 bits per heavy atom. The molecule has 92 valence electrons. The number of aryl methyl sites for hydroxylation is 1. The molecule has 0 spiro atoms. The van der Waals surface area contributed by atoms with E-state index >= 15 is 0 Å². The van der Waals surface area contributed by atoms with Gasteiger partial charge in [0.1, 0.15) is 0 Å². The number of para-hydroxylation sites is 1. The summed E-state index contributed by atoms with van der Waals surface area (Å²) in [5.74, 6) is 0.138. The van der Waals surface area contributed by atoms with Crippen molar-refractivity contribution in [3.05, 3.63) is 52.2 Å². The van der Waals surface area contributed by atoms with E-state index in [1.54, 1.807) is 0 Å². The lowest BCUT2D eigenvalue weighted by atomic mass is 10.1. The van der Waals surface area contributed by atoms with Crippen LogP contribution in [0.25, 0.3) is 0 Å². The van der Waals surface area contributed by atoms with Crippen molar-refractivity contribution in [2.75, 3.05) is 11.4 Å². The minimum absolute atomic E-state index is 0.138. The molecular formula is C15H15NOS. The second-order valence-corrected chi connectivity index (χ2v) is 5.47. The first-order valence-corrected chi connectivity index (χ1v) is 7.17. The van der Waals surface area contributed by atoms with Gasteiger partial charge in [0.15, 0.2) is 0 Å². The largest absolute Gasteiger partial charge is 0.307 e. The summed E-state index contributed by atoms with van der Waals surface area (Å²) in [5, 5.41) is 1.96. The zero-order valence-corrected chi connectivity index (χ0v) is 11.0. The van der Waals surface area contributed by atoms with Gasteiger partial charge < -0.3 is 4.90 Å². The van der Waals surface area contributed by atoms with Crippen LogP contribution in [0.2, 0.25) is 0 Å². The zero-order chi connectivity index (χ0) is 12.4. The molecule has 0 bridgehead atoms. The maximum absolute atomic E-state index is 12.5. The molecule has 0 fully saturated rings. The van der Waals surface area contributed by atoms with Crippen LogP contribution in [0.3, 0.4) is 0 Å². The summed E-state index contributed by atoms with van der Waals surface area (Å²) in [6, 6.07) is 12.1. The highest BCUT2D eigenvalue weighted by Crippen LogP contribution is 2.28. The van der Waals surface area contributed by atoms with E-state index in [1.807, 2.05) is 28.5 Å². The fourth-order valence-corrected chi connectivity index (χ4v) is 3.11. The van der Waals surface area contributed by atoms with E-state index < -0.39 is 0 Å². The summed E-state index contributed by atoms with van der Waals surface area (Å²) < 4.78 is 0. The maximum Gasteiger partial charge on any atom is 0.268 e. The van der Waals surface area contributed by atoms with Gasteiger partial charge in [-0.15, -0.1) is 11.3 Å². The Bertz CT molecular complexity index is 547. The standard InChI is InChI=1S/C15H15NOS/c17-15(14-9-5-11-18-14)16-10-4-3-7-12-6-1-2-8-13(12)16/h1-2,5-6,8-9,11H,3-4,7,10H2. The summed E-state index contributed by atoms with van der Waals surface area (Å²) in [5.41, 5.74) is 2.38. The second kappa shape index (κ2) is 4.94. The van der Waals surface area contributed by atoms with Crippen molar-refractivity contribution in [2.24, 2.45) is 0 Å². The molecule has 2 aromatic rings. The molecule has 1 amide bonds. The molecule has 0 saturated heterocycles. The van der Waals surface area contributed by atoms with E-state index in [0.717, 1.165) is 36.4 Å². The first-order valence-electron chi connectivity index (χ1n) is 6.29. The molecule has 3 heteroatoms. The van der Waals surface area contributed by atoms with Crippen LogP contribution in [0.4, 0.5) is 5.69 Å². The molecule has 0 radical (unpaired) electrons. The number of anilines is 1. The lowest BCUT2D eigenvalue weighted by Crippen LogP contribution is -2.31. The first kappa shape index (κ1) is 11.5. The first-order chi connectivity index (χ1) is 8.86. The molecule has 0 saturated carbocycles. The molecule has 18 heavy (non-hydrogen) atoms. The van der Waals surface area contributed by atoms with Crippen molar-refractivity contribution < 1.29 is 4.79 Å². The third kappa shape index (κ3) is 2.06. The Morgan fingerprint density at radius 1 is 1.11 bits per heavy atom. The molecule has 0 N–H and O–H groups in total. The van der Waals surface area contributed by atoms with E-state index in [-0.39, 0.29) is 5.91 Å². The molecule has 1 aliphatic rings. The van der Waals surface area contributed by atoms with Crippen molar-refractivity contribution in [1.29, 1.82) is 0 Å². The van der Waals surface area contributed by atoms with E-state index in [9.17, 15) is 4.79 Å². The molecule has 0 aliphatic carbocycles. The summed E-state index contributed by atoms with van der Waals surface area (Å²) in [6.07, 6.45) is 3.31. The van der Waals surface area contributed by atoms with Gasteiger partial charge in [-0.1, -0.05) is 24.3 Å². The van der Waals surface area contributed by atoms with Gasteiger partial charge in [-0.2, -0.15) is 0 Å². The summed E-state index contributed by atoms with van der Waals surface area (Å²) >= 11 is 1.51. The number of fused-ring (bicyclic) bond motifs is 1. The SMILES string of the molecule is O=C(c1cccs1)N1CCCCc2ccccc21. The third-order valence-corrected chi connectivity index (χ3v) is 4.20. The normalized spacial score (nSPS) is 15.0. The number of hydrogen-bond acceptors (Lipinski definition) is 2. The molecule has 0 unspecified atom stereocenters. The third-order valence-electron chi connectivity index (χ3n) is 3.34. The van der Waals surface area contributed by atoms with Crippen LogP contribution in [0, 0.1) is 0 Å². The van der Waals surface area contributed by atoms with E-state index in [1.165, 1.54) is 16.9 Å². The van der Waals surface area contributed by atoms with Crippen LogP contribution in [0.5, 0.6) is 0 Å². The van der Waals surface area contributed by atoms with Crippen molar-refractivity contribution in [3.63, 3.8) is 0 Å². The molecule has 1 aliphatic heterocycles. The lowest BCUT2D eigenvalue weighted by Gasteiger charge is -2.22. The highest BCUT2D eigenvalue weighted by Gasteiger charge is 2.22. The number of carbonyl (C=O) groups is 1. The highest BCUT2D eigenvalue weighted by atomic mass is 32.1. The van der Waals surface area contributed by atoms with Crippen LogP contribution in [0.1, 0.15) is 28.1 Å². The number of thiophene rings is 1. The number of nitrogens with zero attached hydrogens (tertiary/aromatic N) is 1. The van der Waals surface area contributed by atoms with E-state index in [4.69, 9.17) is 0 Å². The molecule has 0 atom stereocenters. The van der Waals surface area contributed by atoms with Gasteiger partial charge in [0.25, 0.3) is 5.91 Å². The van der Waals surface area contributed by atoms with Gasteiger partial charge in [0.2, 0.25) is 0 Å². The van der Waals surface area contributed by atoms with Gasteiger partial charge in [0.05, 0.1) is 4.88 Å². The van der Waals surface area contributed by atoms with Crippen LogP contribution >= 0.6 is 11.3 Å². The van der Waals surface area contributed by atoms with Gasteiger partial charge in [-0.25, -0.2) is 0 Å². The van der Waals surface area contributed by atoms with Crippen molar-refractivity contribution in [2.45, 2.75) is 19.3 Å². The second-order valence-electron chi connectivity index (χ2n) is 4.52. The van der Waals surface area contributed by atoms with E-state index in [0.29, 0.717) is 0 Å². The molecule has 3 rings (SSSR count). The average Bonchev–Trinajstić information content (AvgIpc) is 2.85.